The highest BCUT2D eigenvalue weighted by molar-refractivity contribution is 6.18. The lowest BCUT2D eigenvalue weighted by Gasteiger charge is -2.31. The summed E-state index contributed by atoms with van der Waals surface area (Å²) in [4.78, 5) is 2.53. The van der Waals surface area contributed by atoms with E-state index in [0.717, 1.165) is 50.5 Å². The molecule has 11 aromatic rings. The maximum absolute atomic E-state index is 2.53. The lowest BCUT2D eigenvalue weighted by Crippen LogP contribution is -2.13. The molecule has 0 N–H and O–H groups in total. The monoisotopic (exact) mass is 790 g/mol. The van der Waals surface area contributed by atoms with Crippen LogP contribution in [0.5, 0.6) is 0 Å². The van der Waals surface area contributed by atoms with Gasteiger partial charge in [0.15, 0.2) is 0 Å². The summed E-state index contributed by atoms with van der Waals surface area (Å²) in [6.07, 6.45) is 0. The molecule has 2 heteroatoms. The predicted octanol–water partition coefficient (Wildman–Crippen LogP) is 16.6. The summed E-state index contributed by atoms with van der Waals surface area (Å²) in [6, 6.07) is 92.2. The maximum atomic E-state index is 2.53. The molecule has 2 nitrogen and oxygen atoms in total. The second-order valence-electron chi connectivity index (χ2n) is 15.6. The zero-order chi connectivity index (χ0) is 41.2. The minimum Gasteiger partial charge on any atom is -0.309 e. The summed E-state index contributed by atoms with van der Waals surface area (Å²) in [5, 5.41) is 2.36. The van der Waals surface area contributed by atoms with Crippen molar-refractivity contribution in [1.82, 2.24) is 4.57 Å². The molecule has 292 valence electrons. The summed E-state index contributed by atoms with van der Waals surface area (Å²) in [5.41, 5.74) is 18.4. The van der Waals surface area contributed by atoms with Crippen LogP contribution < -0.4 is 4.90 Å². The molecule has 11 rings (SSSR count). The van der Waals surface area contributed by atoms with E-state index >= 15 is 0 Å². The number of nitrogens with zero attached hydrogens (tertiary/aromatic N) is 2. The van der Waals surface area contributed by atoms with E-state index in [1.54, 1.807) is 0 Å². The minimum atomic E-state index is 1.10. The molecule has 0 saturated carbocycles. The Morgan fingerprint density at radius 3 is 1.26 bits per heavy atom. The van der Waals surface area contributed by atoms with Crippen LogP contribution in [0, 0.1) is 0 Å². The molecule has 0 aliphatic heterocycles. The fourth-order valence-corrected chi connectivity index (χ4v) is 9.33. The topological polar surface area (TPSA) is 8.17 Å². The standard InChI is InChI=1S/C60H42N2/c1-6-23-43(24-7-1)48-33-16-18-38-53(48)61(55-40-21-35-49(44-25-8-2-9-26-44)58(55)47-31-14-5-15-32-47)56-41-22-42-57-59(56)52-34-17-19-39-54(52)62(57)60-50(45-27-10-3-11-28-45)36-20-37-51(60)46-29-12-4-13-30-46/h1-42H. The average molecular weight is 791 g/mol. The first-order valence-corrected chi connectivity index (χ1v) is 21.3. The Hall–Kier alpha value is -8.20. The molecular formula is C60H42N2. The molecule has 1 heterocycles. The quantitative estimate of drug-likeness (QED) is 0.141. The van der Waals surface area contributed by atoms with Gasteiger partial charge in [-0.15, -0.1) is 0 Å². The highest BCUT2D eigenvalue weighted by atomic mass is 15.2. The summed E-state index contributed by atoms with van der Waals surface area (Å²) >= 11 is 0. The van der Waals surface area contributed by atoms with E-state index in [1.165, 1.54) is 49.7 Å². The number of anilines is 3. The minimum absolute atomic E-state index is 1.10. The number of benzene rings is 10. The third kappa shape index (κ3) is 6.46. The third-order valence-electron chi connectivity index (χ3n) is 12.0. The molecule has 0 radical (unpaired) electrons. The Morgan fingerprint density at radius 2 is 0.645 bits per heavy atom. The van der Waals surface area contributed by atoms with Crippen molar-refractivity contribution in [2.24, 2.45) is 0 Å². The van der Waals surface area contributed by atoms with Gasteiger partial charge in [-0.3, -0.25) is 0 Å². The molecule has 0 atom stereocenters. The molecule has 0 saturated heterocycles. The fraction of sp³-hybridized carbons (Fsp3) is 0. The molecule has 0 unspecified atom stereocenters. The smallest absolute Gasteiger partial charge is 0.0618 e. The van der Waals surface area contributed by atoms with Gasteiger partial charge in [-0.1, -0.05) is 224 Å². The SMILES string of the molecule is c1ccc(-c2ccccc2N(c2cccc(-c3ccccc3)c2-c2ccccc2)c2cccc3c2c2ccccc2n3-c2c(-c3ccccc3)cccc2-c2ccccc2)cc1. The van der Waals surface area contributed by atoms with Crippen LogP contribution in [0.1, 0.15) is 0 Å². The van der Waals surface area contributed by atoms with Gasteiger partial charge in [0.25, 0.3) is 0 Å². The lowest BCUT2D eigenvalue weighted by atomic mass is 9.91. The van der Waals surface area contributed by atoms with Crippen LogP contribution in [-0.4, -0.2) is 4.57 Å². The van der Waals surface area contributed by atoms with Gasteiger partial charge in [0.05, 0.1) is 33.8 Å². The molecule has 10 aromatic carbocycles. The van der Waals surface area contributed by atoms with Gasteiger partial charge >= 0.3 is 0 Å². The third-order valence-corrected chi connectivity index (χ3v) is 12.0. The Kier molecular flexibility index (Phi) is 9.57. The van der Waals surface area contributed by atoms with Crippen molar-refractivity contribution in [1.29, 1.82) is 0 Å². The predicted molar refractivity (Wildman–Crippen MR) is 263 cm³/mol. The zero-order valence-electron chi connectivity index (χ0n) is 34.1. The molecule has 0 amide bonds. The van der Waals surface area contributed by atoms with E-state index in [9.17, 15) is 0 Å². The van der Waals surface area contributed by atoms with Crippen molar-refractivity contribution < 1.29 is 0 Å². The molecule has 0 spiro atoms. The Morgan fingerprint density at radius 1 is 0.258 bits per heavy atom. The van der Waals surface area contributed by atoms with Gasteiger partial charge in [0, 0.05) is 33.0 Å². The summed E-state index contributed by atoms with van der Waals surface area (Å²) < 4.78 is 2.51. The Balaban J connectivity index is 1.28. The van der Waals surface area contributed by atoms with Gasteiger partial charge in [0.2, 0.25) is 0 Å². The maximum Gasteiger partial charge on any atom is 0.0618 e. The van der Waals surface area contributed by atoms with Gasteiger partial charge in [-0.2, -0.15) is 0 Å². The highest BCUT2D eigenvalue weighted by Crippen LogP contribution is 2.51. The molecule has 0 bridgehead atoms. The van der Waals surface area contributed by atoms with E-state index in [0.29, 0.717) is 0 Å². The first-order chi connectivity index (χ1) is 30.8. The number of aromatic nitrogens is 1. The summed E-state index contributed by atoms with van der Waals surface area (Å²) in [6.45, 7) is 0. The van der Waals surface area contributed by atoms with Gasteiger partial charge in [0.1, 0.15) is 0 Å². The molecule has 62 heavy (non-hydrogen) atoms. The van der Waals surface area contributed by atoms with Crippen molar-refractivity contribution in [3.8, 4) is 61.3 Å². The Bertz CT molecular complexity index is 3260. The van der Waals surface area contributed by atoms with E-state index < -0.39 is 0 Å². The van der Waals surface area contributed by atoms with Crippen LogP contribution in [0.15, 0.2) is 255 Å². The van der Waals surface area contributed by atoms with Crippen molar-refractivity contribution in [3.05, 3.63) is 255 Å². The first-order valence-electron chi connectivity index (χ1n) is 21.3. The average Bonchev–Trinajstić information content (AvgIpc) is 3.70. The number of fused-ring (bicyclic) bond motifs is 3. The number of hydrogen-bond donors (Lipinski definition) is 0. The van der Waals surface area contributed by atoms with Crippen LogP contribution in [0.25, 0.3) is 83.1 Å². The van der Waals surface area contributed by atoms with Crippen LogP contribution in [0.2, 0.25) is 0 Å². The molecule has 0 aliphatic rings. The fourth-order valence-electron chi connectivity index (χ4n) is 9.33. The number of hydrogen-bond acceptors (Lipinski definition) is 1. The van der Waals surface area contributed by atoms with Crippen molar-refractivity contribution in [3.63, 3.8) is 0 Å². The second kappa shape index (κ2) is 16.1. The lowest BCUT2D eigenvalue weighted by molar-refractivity contribution is 1.18. The van der Waals surface area contributed by atoms with Crippen molar-refractivity contribution >= 4 is 38.9 Å². The van der Waals surface area contributed by atoms with Gasteiger partial charge < -0.3 is 9.47 Å². The van der Waals surface area contributed by atoms with Crippen molar-refractivity contribution in [2.45, 2.75) is 0 Å². The molecular weight excluding hydrogens is 749 g/mol. The van der Waals surface area contributed by atoms with Crippen LogP contribution in [0.3, 0.4) is 0 Å². The van der Waals surface area contributed by atoms with E-state index in [2.05, 4.69) is 264 Å². The second-order valence-corrected chi connectivity index (χ2v) is 15.6. The zero-order valence-corrected chi connectivity index (χ0v) is 34.1. The van der Waals surface area contributed by atoms with Gasteiger partial charge in [-0.05, 0) is 63.7 Å². The number of para-hydroxylation sites is 3. The van der Waals surface area contributed by atoms with E-state index in [4.69, 9.17) is 0 Å². The largest absolute Gasteiger partial charge is 0.309 e. The van der Waals surface area contributed by atoms with Crippen LogP contribution in [-0.2, 0) is 0 Å². The van der Waals surface area contributed by atoms with Crippen molar-refractivity contribution in [2.75, 3.05) is 4.90 Å². The summed E-state index contributed by atoms with van der Waals surface area (Å²) in [7, 11) is 0. The molecule has 0 fully saturated rings. The normalized spacial score (nSPS) is 11.2. The molecule has 0 aliphatic carbocycles. The van der Waals surface area contributed by atoms with Gasteiger partial charge in [-0.25, -0.2) is 0 Å². The highest BCUT2D eigenvalue weighted by Gasteiger charge is 2.27. The van der Waals surface area contributed by atoms with E-state index in [-0.39, 0.29) is 0 Å². The van der Waals surface area contributed by atoms with E-state index in [1.807, 2.05) is 0 Å². The molecule has 1 aromatic heterocycles. The van der Waals surface area contributed by atoms with Crippen LogP contribution >= 0.6 is 0 Å². The summed E-state index contributed by atoms with van der Waals surface area (Å²) in [5.74, 6) is 0. The Labute approximate surface area is 362 Å². The van der Waals surface area contributed by atoms with Crippen LogP contribution in [0.4, 0.5) is 17.1 Å². The first kappa shape index (κ1) is 36.8. The number of rotatable bonds is 9.